The molecular formula is C20H22ClN3O3. The first-order valence-electron chi connectivity index (χ1n) is 9.00. The van der Waals surface area contributed by atoms with Gasteiger partial charge in [0.15, 0.2) is 0 Å². The lowest BCUT2D eigenvalue weighted by Gasteiger charge is -2.34. The van der Waals surface area contributed by atoms with Gasteiger partial charge < -0.3 is 14.5 Å². The smallest absolute Gasteiger partial charge is 0.272 e. The second kappa shape index (κ2) is 9.37. The molecule has 0 aliphatic carbocycles. The number of ether oxygens (including phenoxy) is 1. The Morgan fingerprint density at radius 3 is 2.41 bits per heavy atom. The van der Waals surface area contributed by atoms with E-state index >= 15 is 0 Å². The van der Waals surface area contributed by atoms with Crippen molar-refractivity contribution in [1.82, 2.24) is 14.8 Å². The van der Waals surface area contributed by atoms with Crippen LogP contribution in [0, 0.1) is 0 Å². The molecule has 1 aromatic heterocycles. The molecule has 0 N–H and O–H groups in total. The number of piperazine rings is 1. The number of pyridine rings is 1. The van der Waals surface area contributed by atoms with E-state index in [0.29, 0.717) is 62.1 Å². The van der Waals surface area contributed by atoms with E-state index in [2.05, 4.69) is 4.98 Å². The van der Waals surface area contributed by atoms with Gasteiger partial charge in [-0.15, -0.1) is 0 Å². The number of halogens is 1. The van der Waals surface area contributed by atoms with E-state index in [1.165, 1.54) is 0 Å². The summed E-state index contributed by atoms with van der Waals surface area (Å²) in [5.41, 5.74) is 0.439. The second-order valence-electron chi connectivity index (χ2n) is 6.27. The Bertz CT molecular complexity index is 777. The number of amides is 2. The molecule has 3 rings (SSSR count). The first kappa shape index (κ1) is 19.2. The largest absolute Gasteiger partial charge is 0.492 e. The monoisotopic (exact) mass is 387 g/mol. The maximum Gasteiger partial charge on any atom is 0.272 e. The van der Waals surface area contributed by atoms with Gasteiger partial charge in [0.2, 0.25) is 5.91 Å². The molecule has 2 amide bonds. The lowest BCUT2D eigenvalue weighted by Crippen LogP contribution is -2.50. The Balaban J connectivity index is 1.38. The van der Waals surface area contributed by atoms with Crippen LogP contribution in [0.2, 0.25) is 5.02 Å². The second-order valence-corrected chi connectivity index (χ2v) is 6.68. The van der Waals surface area contributed by atoms with Crippen molar-refractivity contribution in [1.29, 1.82) is 0 Å². The minimum atomic E-state index is -0.0872. The molecule has 27 heavy (non-hydrogen) atoms. The van der Waals surface area contributed by atoms with Crippen LogP contribution in [0.3, 0.4) is 0 Å². The molecule has 0 unspecified atom stereocenters. The lowest BCUT2D eigenvalue weighted by atomic mass is 10.2. The normalized spacial score (nSPS) is 14.1. The van der Waals surface area contributed by atoms with Crippen LogP contribution in [-0.2, 0) is 4.79 Å². The van der Waals surface area contributed by atoms with Gasteiger partial charge >= 0.3 is 0 Å². The molecule has 1 saturated heterocycles. The summed E-state index contributed by atoms with van der Waals surface area (Å²) in [4.78, 5) is 32.4. The molecule has 0 saturated carbocycles. The van der Waals surface area contributed by atoms with E-state index in [1.807, 2.05) is 18.2 Å². The van der Waals surface area contributed by atoms with Gasteiger partial charge in [0.05, 0.1) is 11.6 Å². The van der Waals surface area contributed by atoms with Crippen LogP contribution in [0.5, 0.6) is 5.75 Å². The molecule has 2 heterocycles. The molecule has 0 spiro atoms. The van der Waals surface area contributed by atoms with Crippen molar-refractivity contribution >= 4 is 23.4 Å². The summed E-state index contributed by atoms with van der Waals surface area (Å²) in [5.74, 6) is 0.631. The van der Waals surface area contributed by atoms with Crippen molar-refractivity contribution in [3.05, 3.63) is 59.4 Å². The summed E-state index contributed by atoms with van der Waals surface area (Å²) in [7, 11) is 0. The van der Waals surface area contributed by atoms with Crippen LogP contribution in [0.15, 0.2) is 48.7 Å². The summed E-state index contributed by atoms with van der Waals surface area (Å²) in [6.07, 6.45) is 2.65. The van der Waals surface area contributed by atoms with Gasteiger partial charge in [-0.2, -0.15) is 0 Å². The highest BCUT2D eigenvalue weighted by molar-refractivity contribution is 6.32. The quantitative estimate of drug-likeness (QED) is 0.715. The predicted octanol–water partition coefficient (Wildman–Crippen LogP) is 2.88. The molecule has 0 bridgehead atoms. The maximum atomic E-state index is 12.4. The Hall–Kier alpha value is -2.60. The highest BCUT2D eigenvalue weighted by Crippen LogP contribution is 2.23. The zero-order valence-electron chi connectivity index (χ0n) is 15.0. The molecule has 2 aromatic rings. The zero-order chi connectivity index (χ0) is 19.1. The van der Waals surface area contributed by atoms with Crippen LogP contribution in [-0.4, -0.2) is 59.4 Å². The third-order valence-corrected chi connectivity index (χ3v) is 4.75. The molecule has 1 fully saturated rings. The van der Waals surface area contributed by atoms with E-state index in [4.69, 9.17) is 16.3 Å². The maximum absolute atomic E-state index is 12.4. The Morgan fingerprint density at radius 1 is 1.00 bits per heavy atom. The molecule has 6 nitrogen and oxygen atoms in total. The van der Waals surface area contributed by atoms with E-state index in [9.17, 15) is 9.59 Å². The summed E-state index contributed by atoms with van der Waals surface area (Å²) in [6, 6.07) is 12.6. The van der Waals surface area contributed by atoms with Crippen molar-refractivity contribution < 1.29 is 14.3 Å². The first-order chi connectivity index (χ1) is 13.1. The fourth-order valence-electron chi connectivity index (χ4n) is 2.94. The van der Waals surface area contributed by atoms with E-state index in [1.54, 1.807) is 40.3 Å². The highest BCUT2D eigenvalue weighted by atomic mass is 35.5. The molecule has 142 valence electrons. The summed E-state index contributed by atoms with van der Waals surface area (Å²) < 4.78 is 5.61. The number of nitrogens with zero attached hydrogens (tertiary/aromatic N) is 3. The van der Waals surface area contributed by atoms with Crippen LogP contribution in [0.1, 0.15) is 23.3 Å². The number of rotatable bonds is 6. The average Bonchev–Trinajstić information content (AvgIpc) is 2.72. The van der Waals surface area contributed by atoms with Gasteiger partial charge in [-0.05, 0) is 30.7 Å². The number of carbonyl (C=O) groups is 2. The predicted molar refractivity (Wildman–Crippen MR) is 103 cm³/mol. The van der Waals surface area contributed by atoms with Crippen molar-refractivity contribution in [3.63, 3.8) is 0 Å². The van der Waals surface area contributed by atoms with Crippen LogP contribution >= 0.6 is 11.6 Å². The van der Waals surface area contributed by atoms with Gasteiger partial charge in [-0.25, -0.2) is 0 Å². The average molecular weight is 388 g/mol. The molecule has 1 aliphatic rings. The standard InChI is InChI=1S/C20H22ClN3O3/c21-16-6-1-2-8-18(16)27-15-5-9-19(25)23-11-13-24(14-12-23)20(26)17-7-3-4-10-22-17/h1-4,6-8,10H,5,9,11-15H2. The minimum absolute atomic E-state index is 0.0858. The van der Waals surface area contributed by atoms with Gasteiger partial charge in [0.25, 0.3) is 5.91 Å². The number of hydrogen-bond acceptors (Lipinski definition) is 4. The van der Waals surface area contributed by atoms with Crippen LogP contribution < -0.4 is 4.74 Å². The van der Waals surface area contributed by atoms with E-state index < -0.39 is 0 Å². The SMILES string of the molecule is O=C(CCCOc1ccccc1Cl)N1CCN(C(=O)c2ccccn2)CC1. The van der Waals surface area contributed by atoms with Crippen LogP contribution in [0.4, 0.5) is 0 Å². The fourth-order valence-corrected chi connectivity index (χ4v) is 3.13. The molecule has 1 aromatic carbocycles. The topological polar surface area (TPSA) is 62.7 Å². The Kier molecular flexibility index (Phi) is 6.65. The number of benzene rings is 1. The van der Waals surface area contributed by atoms with Gasteiger partial charge in [-0.3, -0.25) is 14.6 Å². The third kappa shape index (κ3) is 5.20. The number of para-hydroxylation sites is 1. The van der Waals surface area contributed by atoms with E-state index in [0.717, 1.165) is 0 Å². The zero-order valence-corrected chi connectivity index (χ0v) is 15.8. The molecule has 0 atom stereocenters. The molecule has 0 radical (unpaired) electrons. The minimum Gasteiger partial charge on any atom is -0.492 e. The van der Waals surface area contributed by atoms with Crippen molar-refractivity contribution in [3.8, 4) is 5.75 Å². The van der Waals surface area contributed by atoms with Crippen molar-refractivity contribution in [2.45, 2.75) is 12.8 Å². The van der Waals surface area contributed by atoms with Gasteiger partial charge in [0.1, 0.15) is 11.4 Å². The number of hydrogen-bond donors (Lipinski definition) is 0. The lowest BCUT2D eigenvalue weighted by molar-refractivity contribution is -0.132. The Morgan fingerprint density at radius 2 is 1.70 bits per heavy atom. The molecule has 7 heteroatoms. The highest BCUT2D eigenvalue weighted by Gasteiger charge is 2.25. The van der Waals surface area contributed by atoms with E-state index in [-0.39, 0.29) is 11.8 Å². The fraction of sp³-hybridized carbons (Fsp3) is 0.350. The summed E-state index contributed by atoms with van der Waals surface area (Å²) >= 11 is 6.03. The summed E-state index contributed by atoms with van der Waals surface area (Å²) in [5, 5.41) is 0.567. The summed E-state index contributed by atoms with van der Waals surface area (Å²) in [6.45, 7) is 2.58. The van der Waals surface area contributed by atoms with Crippen molar-refractivity contribution in [2.75, 3.05) is 32.8 Å². The number of carbonyl (C=O) groups excluding carboxylic acids is 2. The van der Waals surface area contributed by atoms with Crippen molar-refractivity contribution in [2.24, 2.45) is 0 Å². The molecule has 1 aliphatic heterocycles. The van der Waals surface area contributed by atoms with Crippen LogP contribution in [0.25, 0.3) is 0 Å². The van der Waals surface area contributed by atoms with Gasteiger partial charge in [0, 0.05) is 38.8 Å². The first-order valence-corrected chi connectivity index (χ1v) is 9.38. The number of aromatic nitrogens is 1. The molecular weight excluding hydrogens is 366 g/mol. The van der Waals surface area contributed by atoms with Gasteiger partial charge in [-0.1, -0.05) is 29.8 Å². The third-order valence-electron chi connectivity index (χ3n) is 4.43. The Labute approximate surface area is 163 Å².